The Balaban J connectivity index is 1.61. The fourth-order valence-electron chi connectivity index (χ4n) is 3.77. The van der Waals surface area contributed by atoms with Gasteiger partial charge in [-0.15, -0.1) is 0 Å². The molecule has 0 fully saturated rings. The van der Waals surface area contributed by atoms with Crippen LogP contribution in [0.4, 0.5) is 0 Å². The van der Waals surface area contributed by atoms with Gasteiger partial charge in [-0.05, 0) is 48.9 Å². The number of nitrogens with zero attached hydrogens (tertiary/aromatic N) is 2. The lowest BCUT2D eigenvalue weighted by Crippen LogP contribution is -2.04. The van der Waals surface area contributed by atoms with Crippen LogP contribution in [0, 0.1) is 0 Å². The van der Waals surface area contributed by atoms with Crippen LogP contribution in [0.2, 0.25) is 0 Å². The van der Waals surface area contributed by atoms with Crippen molar-refractivity contribution < 1.29 is 9.53 Å². The summed E-state index contributed by atoms with van der Waals surface area (Å²) in [7, 11) is 0. The summed E-state index contributed by atoms with van der Waals surface area (Å²) in [4.78, 5) is 16.7. The maximum Gasteiger partial charge on any atom is 0.363 e. The largest absolute Gasteiger partial charge is 0.402 e. The molecule has 3 aromatic carbocycles. The zero-order chi connectivity index (χ0) is 19.1. The van der Waals surface area contributed by atoms with Gasteiger partial charge in [-0.2, -0.15) is 0 Å². The van der Waals surface area contributed by atoms with Crippen LogP contribution in [0.15, 0.2) is 83.5 Å². The Hall–Kier alpha value is -3.66. The molecular formula is C24H18N2O2. The van der Waals surface area contributed by atoms with E-state index in [4.69, 9.17) is 4.74 Å². The summed E-state index contributed by atoms with van der Waals surface area (Å²) in [5.41, 5.74) is 4.44. The van der Waals surface area contributed by atoms with Gasteiger partial charge < -0.3 is 9.30 Å². The van der Waals surface area contributed by atoms with Gasteiger partial charge in [-0.3, -0.25) is 0 Å². The van der Waals surface area contributed by atoms with Gasteiger partial charge in [0.15, 0.2) is 5.70 Å². The number of aryl methyl sites for hydroxylation is 1. The Morgan fingerprint density at radius 2 is 1.68 bits per heavy atom. The summed E-state index contributed by atoms with van der Waals surface area (Å²) >= 11 is 0. The van der Waals surface area contributed by atoms with Crippen LogP contribution in [-0.2, 0) is 16.1 Å². The molecule has 0 atom stereocenters. The molecule has 4 nitrogen and oxygen atoms in total. The maximum atomic E-state index is 12.3. The Morgan fingerprint density at radius 1 is 0.929 bits per heavy atom. The lowest BCUT2D eigenvalue weighted by atomic mass is 10.1. The second kappa shape index (κ2) is 6.50. The van der Waals surface area contributed by atoms with Crippen molar-refractivity contribution in [2.24, 2.45) is 4.99 Å². The van der Waals surface area contributed by atoms with E-state index in [9.17, 15) is 4.79 Å². The number of fused-ring (bicyclic) bond motifs is 3. The Morgan fingerprint density at radius 3 is 2.50 bits per heavy atom. The summed E-state index contributed by atoms with van der Waals surface area (Å²) in [6.45, 7) is 3.05. The molecule has 0 saturated heterocycles. The summed E-state index contributed by atoms with van der Waals surface area (Å²) < 4.78 is 7.65. The molecule has 1 aromatic heterocycles. The van der Waals surface area contributed by atoms with Crippen molar-refractivity contribution in [2.45, 2.75) is 13.5 Å². The number of cyclic esters (lactones) is 1. The third-order valence-corrected chi connectivity index (χ3v) is 5.06. The van der Waals surface area contributed by atoms with Crippen molar-refractivity contribution in [3.63, 3.8) is 0 Å². The number of aliphatic imine (C=N–C) groups is 1. The van der Waals surface area contributed by atoms with Crippen molar-refractivity contribution in [3.8, 4) is 0 Å². The topological polar surface area (TPSA) is 43.6 Å². The average molecular weight is 366 g/mol. The highest BCUT2D eigenvalue weighted by Gasteiger charge is 2.24. The minimum atomic E-state index is -0.421. The van der Waals surface area contributed by atoms with Crippen LogP contribution >= 0.6 is 0 Å². The fourth-order valence-corrected chi connectivity index (χ4v) is 3.77. The van der Waals surface area contributed by atoms with Crippen LogP contribution in [0.25, 0.3) is 27.9 Å². The molecule has 4 aromatic rings. The predicted octanol–water partition coefficient (Wildman–Crippen LogP) is 5.16. The van der Waals surface area contributed by atoms with E-state index >= 15 is 0 Å². The Bertz CT molecular complexity index is 1280. The monoisotopic (exact) mass is 366 g/mol. The minimum Gasteiger partial charge on any atom is -0.402 e. The van der Waals surface area contributed by atoms with Gasteiger partial charge in [0.25, 0.3) is 0 Å². The minimum absolute atomic E-state index is 0.317. The molecule has 0 saturated carbocycles. The summed E-state index contributed by atoms with van der Waals surface area (Å²) in [6.07, 6.45) is 1.79. The van der Waals surface area contributed by atoms with Gasteiger partial charge in [0.1, 0.15) is 0 Å². The predicted molar refractivity (Wildman–Crippen MR) is 112 cm³/mol. The number of para-hydroxylation sites is 1. The van der Waals surface area contributed by atoms with Gasteiger partial charge in [-0.1, -0.05) is 42.5 Å². The molecule has 0 spiro atoms. The third-order valence-electron chi connectivity index (χ3n) is 5.06. The molecule has 2 heterocycles. The van der Waals surface area contributed by atoms with E-state index in [0.717, 1.165) is 17.7 Å². The molecule has 136 valence electrons. The molecule has 1 aliphatic heterocycles. The lowest BCUT2D eigenvalue weighted by molar-refractivity contribution is -0.129. The number of hydrogen-bond acceptors (Lipinski definition) is 3. The Kier molecular flexibility index (Phi) is 3.83. The number of benzene rings is 3. The average Bonchev–Trinajstić information content (AvgIpc) is 3.26. The molecule has 4 heteroatoms. The highest BCUT2D eigenvalue weighted by Crippen LogP contribution is 2.30. The van der Waals surface area contributed by atoms with Gasteiger partial charge >= 0.3 is 5.97 Å². The highest BCUT2D eigenvalue weighted by molar-refractivity contribution is 6.13. The summed E-state index contributed by atoms with van der Waals surface area (Å²) in [5.74, 6) is -0.0737. The molecule has 0 aliphatic carbocycles. The number of ether oxygens (including phenoxy) is 1. The smallest absolute Gasteiger partial charge is 0.363 e. The SMILES string of the molecule is CCn1c2ccccc2c2cc(/C=C3\N=C(c4ccccc4)OC3=O)ccc21. The summed E-state index contributed by atoms with van der Waals surface area (Å²) in [6, 6.07) is 24.1. The molecular weight excluding hydrogens is 348 g/mol. The first-order chi connectivity index (χ1) is 13.7. The zero-order valence-corrected chi connectivity index (χ0v) is 15.4. The van der Waals surface area contributed by atoms with E-state index in [1.54, 1.807) is 6.08 Å². The lowest BCUT2D eigenvalue weighted by Gasteiger charge is -2.02. The standard InChI is InChI=1S/C24H18N2O2/c1-2-26-21-11-7-6-10-18(21)19-14-16(12-13-22(19)26)15-20-24(27)28-23(25-20)17-8-4-3-5-9-17/h3-15H,2H2,1H3/b20-15-. The van der Waals surface area contributed by atoms with Crippen molar-refractivity contribution in [2.75, 3.05) is 0 Å². The molecule has 0 radical (unpaired) electrons. The van der Waals surface area contributed by atoms with E-state index in [0.29, 0.717) is 11.6 Å². The molecule has 0 bridgehead atoms. The van der Waals surface area contributed by atoms with Crippen molar-refractivity contribution in [1.82, 2.24) is 4.57 Å². The molecule has 0 amide bonds. The van der Waals surface area contributed by atoms with E-state index in [1.807, 2.05) is 36.4 Å². The summed E-state index contributed by atoms with van der Waals surface area (Å²) in [5, 5.41) is 2.38. The second-order valence-electron chi connectivity index (χ2n) is 6.74. The number of carbonyl (C=O) groups is 1. The molecule has 0 N–H and O–H groups in total. The van der Waals surface area contributed by atoms with Crippen molar-refractivity contribution in [3.05, 3.63) is 89.6 Å². The molecule has 1 aliphatic rings. The molecule has 0 unspecified atom stereocenters. The number of carbonyl (C=O) groups excluding carboxylic acids is 1. The van der Waals surface area contributed by atoms with Gasteiger partial charge in [0.05, 0.1) is 0 Å². The van der Waals surface area contributed by atoms with Crippen LogP contribution in [-0.4, -0.2) is 16.4 Å². The van der Waals surface area contributed by atoms with E-state index in [1.165, 1.54) is 21.8 Å². The third kappa shape index (κ3) is 2.62. The van der Waals surface area contributed by atoms with Crippen molar-refractivity contribution in [1.29, 1.82) is 0 Å². The van der Waals surface area contributed by atoms with Crippen LogP contribution in [0.5, 0.6) is 0 Å². The Labute approximate surface area is 162 Å². The first-order valence-corrected chi connectivity index (χ1v) is 9.33. The van der Waals surface area contributed by atoms with Gasteiger partial charge in [-0.25, -0.2) is 9.79 Å². The quantitative estimate of drug-likeness (QED) is 0.371. The van der Waals surface area contributed by atoms with E-state index in [2.05, 4.69) is 52.9 Å². The molecule has 5 rings (SSSR count). The molecule has 28 heavy (non-hydrogen) atoms. The van der Waals surface area contributed by atoms with Gasteiger partial charge in [0.2, 0.25) is 5.90 Å². The second-order valence-corrected chi connectivity index (χ2v) is 6.74. The normalized spacial score (nSPS) is 15.4. The zero-order valence-electron chi connectivity index (χ0n) is 15.4. The van der Waals surface area contributed by atoms with Gasteiger partial charge in [0, 0.05) is 33.9 Å². The first-order valence-electron chi connectivity index (χ1n) is 9.33. The first kappa shape index (κ1) is 16.5. The number of aromatic nitrogens is 1. The highest BCUT2D eigenvalue weighted by atomic mass is 16.6. The van der Waals surface area contributed by atoms with Crippen LogP contribution in [0.3, 0.4) is 0 Å². The maximum absolute atomic E-state index is 12.3. The fraction of sp³-hybridized carbons (Fsp3) is 0.0833. The van der Waals surface area contributed by atoms with E-state index < -0.39 is 5.97 Å². The number of rotatable bonds is 3. The van der Waals surface area contributed by atoms with E-state index in [-0.39, 0.29) is 0 Å². The number of esters is 1. The van der Waals surface area contributed by atoms with Crippen LogP contribution < -0.4 is 0 Å². The van der Waals surface area contributed by atoms with Crippen LogP contribution in [0.1, 0.15) is 18.1 Å². The number of hydrogen-bond donors (Lipinski definition) is 0. The van der Waals surface area contributed by atoms with Crippen molar-refractivity contribution >= 4 is 39.7 Å².